The molecule has 0 saturated heterocycles. The number of carbonyl (C=O) groups excluding carboxylic acids is 2. The Morgan fingerprint density at radius 2 is 1.83 bits per heavy atom. The van der Waals surface area contributed by atoms with Crippen LogP contribution >= 0.6 is 11.6 Å². The molecule has 1 aromatic rings. The van der Waals surface area contributed by atoms with Crippen molar-refractivity contribution in [1.82, 2.24) is 4.90 Å². The lowest BCUT2D eigenvalue weighted by molar-refractivity contribution is -0.142. The van der Waals surface area contributed by atoms with Crippen molar-refractivity contribution in [2.24, 2.45) is 5.92 Å². The zero-order valence-electron chi connectivity index (χ0n) is 13.9. The van der Waals surface area contributed by atoms with Gasteiger partial charge in [0, 0.05) is 18.1 Å². The fourth-order valence-corrected chi connectivity index (χ4v) is 2.00. The first-order chi connectivity index (χ1) is 10.9. The van der Waals surface area contributed by atoms with E-state index in [1.165, 1.54) is 7.11 Å². The maximum atomic E-state index is 12.3. The molecule has 0 aromatic heterocycles. The number of ether oxygens (including phenoxy) is 2. The molecule has 128 valence electrons. The molecule has 23 heavy (non-hydrogen) atoms. The van der Waals surface area contributed by atoms with Crippen molar-refractivity contribution in [3.05, 3.63) is 29.3 Å². The van der Waals surface area contributed by atoms with Crippen LogP contribution in [0.1, 0.15) is 26.7 Å². The number of hydrogen-bond acceptors (Lipinski definition) is 4. The molecule has 0 unspecified atom stereocenters. The Morgan fingerprint density at radius 3 is 2.39 bits per heavy atom. The monoisotopic (exact) mass is 341 g/mol. The van der Waals surface area contributed by atoms with E-state index in [1.54, 1.807) is 29.2 Å². The Kier molecular flexibility index (Phi) is 8.48. The smallest absolute Gasteiger partial charge is 0.307 e. The molecular formula is C17H24ClNO4. The highest BCUT2D eigenvalue weighted by Crippen LogP contribution is 2.15. The highest BCUT2D eigenvalue weighted by atomic mass is 35.5. The number of carbonyl (C=O) groups is 2. The number of amides is 1. The largest absolute Gasteiger partial charge is 0.484 e. The molecule has 0 heterocycles. The van der Waals surface area contributed by atoms with Crippen LogP contribution in [0.3, 0.4) is 0 Å². The van der Waals surface area contributed by atoms with Gasteiger partial charge in [-0.2, -0.15) is 0 Å². The van der Waals surface area contributed by atoms with Gasteiger partial charge in [-0.25, -0.2) is 0 Å². The van der Waals surface area contributed by atoms with Gasteiger partial charge in [0.15, 0.2) is 6.61 Å². The molecule has 6 heteroatoms. The molecule has 0 fully saturated rings. The topological polar surface area (TPSA) is 55.8 Å². The molecule has 5 nitrogen and oxygen atoms in total. The van der Waals surface area contributed by atoms with E-state index in [0.717, 1.165) is 6.42 Å². The van der Waals surface area contributed by atoms with E-state index in [2.05, 4.69) is 18.6 Å². The number of esters is 1. The summed E-state index contributed by atoms with van der Waals surface area (Å²) in [6.45, 7) is 5.04. The van der Waals surface area contributed by atoms with Crippen molar-refractivity contribution in [3.8, 4) is 5.75 Å². The Balaban J connectivity index is 2.54. The van der Waals surface area contributed by atoms with Crippen LogP contribution in [0.4, 0.5) is 0 Å². The highest BCUT2D eigenvalue weighted by Gasteiger charge is 2.16. The summed E-state index contributed by atoms with van der Waals surface area (Å²) >= 11 is 5.81. The molecule has 0 aliphatic heterocycles. The third-order valence-corrected chi connectivity index (χ3v) is 3.57. The quantitative estimate of drug-likeness (QED) is 0.647. The summed E-state index contributed by atoms with van der Waals surface area (Å²) in [4.78, 5) is 25.2. The van der Waals surface area contributed by atoms with Crippen molar-refractivity contribution in [3.63, 3.8) is 0 Å². The first-order valence-electron chi connectivity index (χ1n) is 7.65. The first kappa shape index (κ1) is 19.3. The van der Waals surface area contributed by atoms with Crippen molar-refractivity contribution < 1.29 is 19.1 Å². The van der Waals surface area contributed by atoms with Crippen LogP contribution in [0.25, 0.3) is 0 Å². The third-order valence-electron chi connectivity index (χ3n) is 3.32. The maximum absolute atomic E-state index is 12.3. The summed E-state index contributed by atoms with van der Waals surface area (Å²) in [5, 5.41) is 0.611. The van der Waals surface area contributed by atoms with E-state index in [9.17, 15) is 9.59 Å². The summed E-state index contributed by atoms with van der Waals surface area (Å²) in [5.41, 5.74) is 0. The van der Waals surface area contributed by atoms with Gasteiger partial charge in [-0.3, -0.25) is 9.59 Å². The van der Waals surface area contributed by atoms with Gasteiger partial charge in [0.25, 0.3) is 5.91 Å². The van der Waals surface area contributed by atoms with E-state index < -0.39 is 0 Å². The Morgan fingerprint density at radius 1 is 1.17 bits per heavy atom. The third kappa shape index (κ3) is 7.88. The lowest BCUT2D eigenvalue weighted by atomic mass is 10.1. The van der Waals surface area contributed by atoms with Gasteiger partial charge in [-0.05, 0) is 36.6 Å². The molecule has 1 rings (SSSR count). The number of benzene rings is 1. The Bertz CT molecular complexity index is 502. The molecule has 0 spiro atoms. The second-order valence-corrected chi connectivity index (χ2v) is 6.07. The minimum atomic E-state index is -0.328. The van der Waals surface area contributed by atoms with Gasteiger partial charge in [-0.1, -0.05) is 25.4 Å². The predicted octanol–water partition coefficient (Wildman–Crippen LogP) is 3.16. The van der Waals surface area contributed by atoms with Gasteiger partial charge >= 0.3 is 5.97 Å². The standard InChI is InChI=1S/C17H24ClNO4/c1-13(2)8-10-19(11-9-17(21)22-3)16(20)12-23-15-6-4-14(18)5-7-15/h4-7,13H,8-12H2,1-3H3. The molecule has 0 aliphatic rings. The van der Waals surface area contributed by atoms with Crippen molar-refractivity contribution >= 4 is 23.5 Å². The molecule has 1 amide bonds. The minimum Gasteiger partial charge on any atom is -0.484 e. The molecule has 0 atom stereocenters. The maximum Gasteiger partial charge on any atom is 0.307 e. The van der Waals surface area contributed by atoms with Crippen molar-refractivity contribution in [2.45, 2.75) is 26.7 Å². The van der Waals surface area contributed by atoms with E-state index in [4.69, 9.17) is 16.3 Å². The molecule has 1 aromatic carbocycles. The SMILES string of the molecule is COC(=O)CCN(CCC(C)C)C(=O)COc1ccc(Cl)cc1. The van der Waals surface area contributed by atoms with E-state index in [-0.39, 0.29) is 24.9 Å². The second kappa shape index (κ2) is 10.1. The summed E-state index contributed by atoms with van der Waals surface area (Å²) < 4.78 is 10.1. The molecule has 0 radical (unpaired) electrons. The number of nitrogens with zero attached hydrogens (tertiary/aromatic N) is 1. The molecule has 0 aliphatic carbocycles. The molecule has 0 saturated carbocycles. The molecular weight excluding hydrogens is 318 g/mol. The summed E-state index contributed by atoms with van der Waals surface area (Å²) in [7, 11) is 1.34. The van der Waals surface area contributed by atoms with Crippen LogP contribution in [0.15, 0.2) is 24.3 Å². The summed E-state index contributed by atoms with van der Waals surface area (Å²) in [6.07, 6.45) is 1.05. The number of halogens is 1. The number of hydrogen-bond donors (Lipinski definition) is 0. The van der Waals surface area contributed by atoms with Crippen LogP contribution in [-0.2, 0) is 14.3 Å². The van der Waals surface area contributed by atoms with Crippen LogP contribution in [0, 0.1) is 5.92 Å². The van der Waals surface area contributed by atoms with Crippen LogP contribution < -0.4 is 4.74 Å². The van der Waals surface area contributed by atoms with E-state index in [1.807, 2.05) is 0 Å². The van der Waals surface area contributed by atoms with Crippen LogP contribution in [0.5, 0.6) is 5.75 Å². The fourth-order valence-electron chi connectivity index (χ4n) is 1.87. The predicted molar refractivity (Wildman–Crippen MR) is 89.6 cm³/mol. The van der Waals surface area contributed by atoms with Gasteiger partial charge in [0.05, 0.1) is 13.5 Å². The lowest BCUT2D eigenvalue weighted by Crippen LogP contribution is -2.37. The average molecular weight is 342 g/mol. The molecule has 0 N–H and O–H groups in total. The Hall–Kier alpha value is -1.75. The lowest BCUT2D eigenvalue weighted by Gasteiger charge is -2.23. The Labute approximate surface area is 142 Å². The van der Waals surface area contributed by atoms with E-state index >= 15 is 0 Å². The molecule has 0 bridgehead atoms. The zero-order chi connectivity index (χ0) is 17.2. The van der Waals surface area contributed by atoms with Gasteiger partial charge in [0.2, 0.25) is 0 Å². The van der Waals surface area contributed by atoms with Gasteiger partial charge in [0.1, 0.15) is 5.75 Å². The van der Waals surface area contributed by atoms with Crippen LogP contribution in [0.2, 0.25) is 5.02 Å². The van der Waals surface area contributed by atoms with E-state index in [0.29, 0.717) is 29.8 Å². The minimum absolute atomic E-state index is 0.0686. The fraction of sp³-hybridized carbons (Fsp3) is 0.529. The van der Waals surface area contributed by atoms with Crippen molar-refractivity contribution in [1.29, 1.82) is 0 Å². The second-order valence-electron chi connectivity index (χ2n) is 5.63. The van der Waals surface area contributed by atoms with Crippen LogP contribution in [-0.4, -0.2) is 43.6 Å². The van der Waals surface area contributed by atoms with Gasteiger partial charge < -0.3 is 14.4 Å². The average Bonchev–Trinajstić information content (AvgIpc) is 2.53. The number of methoxy groups -OCH3 is 1. The highest BCUT2D eigenvalue weighted by molar-refractivity contribution is 6.30. The van der Waals surface area contributed by atoms with Crippen molar-refractivity contribution in [2.75, 3.05) is 26.8 Å². The van der Waals surface area contributed by atoms with Gasteiger partial charge in [-0.15, -0.1) is 0 Å². The summed E-state index contributed by atoms with van der Waals surface area (Å²) in [5.74, 6) is 0.579. The first-order valence-corrected chi connectivity index (χ1v) is 8.03. The summed E-state index contributed by atoms with van der Waals surface area (Å²) in [6, 6.07) is 6.83. The zero-order valence-corrected chi connectivity index (χ0v) is 14.6. The normalized spacial score (nSPS) is 10.5. The number of rotatable bonds is 9.